The van der Waals surface area contributed by atoms with Crippen LogP contribution in [0.2, 0.25) is 0 Å². The van der Waals surface area contributed by atoms with Crippen LogP contribution in [0, 0.1) is 14.9 Å². The maximum absolute atomic E-state index is 2.23. The third-order valence-electron chi connectivity index (χ3n) is 0.957. The summed E-state index contributed by atoms with van der Waals surface area (Å²) in [6.45, 7) is 4.46. The summed E-state index contributed by atoms with van der Waals surface area (Å²) in [7, 11) is 0. The van der Waals surface area contributed by atoms with Gasteiger partial charge in [0.05, 0.1) is 0 Å². The quantitative estimate of drug-likeness (QED) is 0.437. The first kappa shape index (κ1) is 44.0. The Hall–Kier alpha value is 4.42. The maximum Gasteiger partial charge on any atom is 0 e. The number of unbranched alkanes of at least 4 members (excludes halogenated alkanes) is 3. The molecule has 0 aliphatic heterocycles. The van der Waals surface area contributed by atoms with Crippen LogP contribution in [0.15, 0.2) is 0 Å². The molecular formula is C8H20Y4-2. The summed E-state index contributed by atoms with van der Waals surface area (Å²) in [4.78, 5) is 0. The Balaban J connectivity index is -0.00000000833. The summed E-state index contributed by atoms with van der Waals surface area (Å²) < 4.78 is 0. The standard InChI is InChI=1S/C6H14.2CH3.4Y/c1-3-5-6-4-2;;;;;;/h3-6H2,1-2H3;2*1H3;;;;/q;2*-1;;;;. The van der Waals surface area contributed by atoms with Crippen molar-refractivity contribution in [2.75, 3.05) is 0 Å². The molecule has 0 nitrogen and oxygen atoms in total. The molecule has 0 unspecified atom stereocenters. The Morgan fingerprint density at radius 2 is 0.750 bits per heavy atom. The minimum absolute atomic E-state index is 0. The van der Waals surface area contributed by atoms with Crippen LogP contribution >= 0.6 is 0 Å². The largest absolute Gasteiger partial charge is 0.358 e. The van der Waals surface area contributed by atoms with E-state index < -0.39 is 0 Å². The molecule has 0 aromatic carbocycles. The molecule has 0 saturated heterocycles. The Kier molecular flexibility index (Phi) is 166. The molecule has 0 amide bonds. The monoisotopic (exact) mass is 472 g/mol. The molecule has 0 aliphatic rings. The fourth-order valence-corrected chi connectivity index (χ4v) is 0.500. The molecule has 0 aromatic rings. The number of hydrogen-bond donors (Lipinski definition) is 0. The van der Waals surface area contributed by atoms with Crippen LogP contribution < -0.4 is 0 Å². The van der Waals surface area contributed by atoms with E-state index in [4.69, 9.17) is 0 Å². The molecule has 4 radical (unpaired) electrons. The van der Waals surface area contributed by atoms with Crippen molar-refractivity contribution in [2.24, 2.45) is 0 Å². The van der Waals surface area contributed by atoms with Crippen LogP contribution in [-0.4, -0.2) is 0 Å². The topological polar surface area (TPSA) is 0 Å². The molecule has 4 heteroatoms. The summed E-state index contributed by atoms with van der Waals surface area (Å²) in [5.41, 5.74) is 0. The van der Waals surface area contributed by atoms with E-state index >= 15 is 0 Å². The van der Waals surface area contributed by atoms with Crippen molar-refractivity contribution in [1.29, 1.82) is 0 Å². The van der Waals surface area contributed by atoms with Gasteiger partial charge in [0.25, 0.3) is 0 Å². The molecule has 12 heavy (non-hydrogen) atoms. The zero-order chi connectivity index (χ0) is 4.83. The average molecular weight is 472 g/mol. The summed E-state index contributed by atoms with van der Waals surface area (Å²) in [5, 5.41) is 0. The summed E-state index contributed by atoms with van der Waals surface area (Å²) in [6.07, 6.45) is 5.54. The predicted molar refractivity (Wildman–Crippen MR) is 42.6 cm³/mol. The summed E-state index contributed by atoms with van der Waals surface area (Å²) in [5.74, 6) is 0. The van der Waals surface area contributed by atoms with Crippen LogP contribution in [0.25, 0.3) is 0 Å². The number of hydrogen-bond acceptors (Lipinski definition) is 0. The third kappa shape index (κ3) is 47.2. The molecule has 0 saturated carbocycles. The van der Waals surface area contributed by atoms with Crippen molar-refractivity contribution in [1.82, 2.24) is 0 Å². The van der Waals surface area contributed by atoms with E-state index in [1.54, 1.807) is 0 Å². The van der Waals surface area contributed by atoms with Crippen molar-refractivity contribution in [3.8, 4) is 0 Å². The van der Waals surface area contributed by atoms with E-state index in [0.717, 1.165) is 0 Å². The van der Waals surface area contributed by atoms with Crippen molar-refractivity contribution in [3.63, 3.8) is 0 Å². The average Bonchev–Trinajstić information content (AvgIpc) is 1.61. The zero-order valence-corrected chi connectivity index (χ0v) is 20.5. The van der Waals surface area contributed by atoms with Gasteiger partial charge in [-0.15, -0.1) is 0 Å². The molecular weight excluding hydrogens is 452 g/mol. The molecule has 0 aliphatic carbocycles. The summed E-state index contributed by atoms with van der Waals surface area (Å²) >= 11 is 0. The van der Waals surface area contributed by atoms with E-state index in [1.807, 2.05) is 0 Å². The zero-order valence-electron chi connectivity index (χ0n) is 9.14. The van der Waals surface area contributed by atoms with Gasteiger partial charge in [-0.05, 0) is 0 Å². The van der Waals surface area contributed by atoms with Crippen molar-refractivity contribution < 1.29 is 131 Å². The molecule has 0 aromatic heterocycles. The molecule has 0 rings (SSSR count). The van der Waals surface area contributed by atoms with Crippen molar-refractivity contribution in [3.05, 3.63) is 14.9 Å². The second kappa shape index (κ2) is 45.2. The van der Waals surface area contributed by atoms with Gasteiger partial charge >= 0.3 is 0 Å². The molecule has 0 N–H and O–H groups in total. The van der Waals surface area contributed by atoms with E-state index in [9.17, 15) is 0 Å². The van der Waals surface area contributed by atoms with Gasteiger partial charge in [0, 0.05) is 131 Å². The maximum atomic E-state index is 2.23. The van der Waals surface area contributed by atoms with Crippen LogP contribution in [0.1, 0.15) is 39.5 Å². The molecule has 0 atom stereocenters. The Morgan fingerprint density at radius 1 is 0.583 bits per heavy atom. The van der Waals surface area contributed by atoms with E-state index in [2.05, 4.69) is 13.8 Å². The van der Waals surface area contributed by atoms with Gasteiger partial charge in [-0.2, -0.15) is 0 Å². The molecule has 0 bridgehead atoms. The molecule has 0 heterocycles. The van der Waals surface area contributed by atoms with Gasteiger partial charge in [0.2, 0.25) is 0 Å². The van der Waals surface area contributed by atoms with Crippen molar-refractivity contribution in [2.45, 2.75) is 39.5 Å². The Bertz CT molecular complexity index is 23.0. The fraction of sp³-hybridized carbons (Fsp3) is 0.750. The van der Waals surface area contributed by atoms with Gasteiger partial charge < -0.3 is 14.9 Å². The van der Waals surface area contributed by atoms with E-state index in [1.165, 1.54) is 25.7 Å². The van der Waals surface area contributed by atoms with Crippen LogP contribution in [0.5, 0.6) is 0 Å². The minimum Gasteiger partial charge on any atom is -0.358 e. The van der Waals surface area contributed by atoms with Crippen LogP contribution in [0.4, 0.5) is 0 Å². The predicted octanol–water partition coefficient (Wildman–Crippen LogP) is 3.48. The Morgan fingerprint density at radius 3 is 0.833 bits per heavy atom. The SMILES string of the molecule is CCCCCC.[CH3-].[CH3-].[Y].[Y].[Y].[Y]. The fourth-order valence-electron chi connectivity index (χ4n) is 0.500. The van der Waals surface area contributed by atoms with E-state index in [0.29, 0.717) is 0 Å². The van der Waals surface area contributed by atoms with Gasteiger partial charge in [-0.3, -0.25) is 0 Å². The van der Waals surface area contributed by atoms with Crippen LogP contribution in [-0.2, 0) is 131 Å². The van der Waals surface area contributed by atoms with Gasteiger partial charge in [0.1, 0.15) is 0 Å². The van der Waals surface area contributed by atoms with Crippen molar-refractivity contribution >= 4 is 0 Å². The first-order valence-electron chi connectivity index (χ1n) is 2.91. The number of rotatable bonds is 3. The second-order valence-electron chi connectivity index (χ2n) is 1.71. The smallest absolute Gasteiger partial charge is 0 e. The normalized spacial score (nSPS) is 4.50. The third-order valence-corrected chi connectivity index (χ3v) is 0.957. The van der Waals surface area contributed by atoms with Gasteiger partial charge in [0.15, 0.2) is 0 Å². The van der Waals surface area contributed by atoms with Gasteiger partial charge in [-0.1, -0.05) is 39.5 Å². The molecule has 0 spiro atoms. The van der Waals surface area contributed by atoms with Gasteiger partial charge in [-0.25, -0.2) is 0 Å². The van der Waals surface area contributed by atoms with E-state index in [-0.39, 0.29) is 146 Å². The minimum atomic E-state index is 0. The molecule has 0 fully saturated rings. The summed E-state index contributed by atoms with van der Waals surface area (Å²) in [6, 6.07) is 0. The first-order chi connectivity index (χ1) is 2.91. The molecule has 66 valence electrons. The van der Waals surface area contributed by atoms with Crippen LogP contribution in [0.3, 0.4) is 0 Å². The second-order valence-corrected chi connectivity index (χ2v) is 1.71. The first-order valence-corrected chi connectivity index (χ1v) is 2.91. The Labute approximate surface area is 181 Å².